The van der Waals surface area contributed by atoms with E-state index in [1.807, 2.05) is 6.07 Å². The summed E-state index contributed by atoms with van der Waals surface area (Å²) < 4.78 is 1.23. The Morgan fingerprint density at radius 2 is 1.79 bits per heavy atom. The fourth-order valence-electron chi connectivity index (χ4n) is 2.91. The number of carbonyl (C=O) groups excluding carboxylic acids is 1. The van der Waals surface area contributed by atoms with Crippen LogP contribution in [0.2, 0.25) is 0 Å². The number of benzene rings is 2. The minimum absolute atomic E-state index is 0.0301. The largest absolute Gasteiger partial charge is 0.345 e. The van der Waals surface area contributed by atoms with Gasteiger partial charge in [-0.15, -0.1) is 0 Å². The number of ketones is 1. The summed E-state index contributed by atoms with van der Waals surface area (Å²) in [5.74, 6) is -0.368. The van der Waals surface area contributed by atoms with Gasteiger partial charge in [0.1, 0.15) is 17.1 Å². The van der Waals surface area contributed by atoms with E-state index in [1.54, 1.807) is 37.3 Å². The van der Waals surface area contributed by atoms with Crippen LogP contribution in [0.3, 0.4) is 0 Å². The number of nitro benzene ring substituents is 1. The van der Waals surface area contributed by atoms with Crippen LogP contribution >= 0.6 is 0 Å². The Bertz CT molecular complexity index is 1110. The highest BCUT2D eigenvalue weighted by molar-refractivity contribution is 6.05. The fourth-order valence-corrected chi connectivity index (χ4v) is 2.91. The van der Waals surface area contributed by atoms with Crippen LogP contribution in [-0.2, 0) is 6.54 Å². The molecule has 0 amide bonds. The lowest BCUT2D eigenvalue weighted by Gasteiger charge is -2.16. The highest BCUT2D eigenvalue weighted by Crippen LogP contribution is 2.31. The zero-order chi connectivity index (χ0) is 20.3. The number of rotatable bonds is 6. The van der Waals surface area contributed by atoms with Crippen molar-refractivity contribution in [3.8, 4) is 11.3 Å². The molecule has 1 heterocycles. The number of hydrogen-bond donors (Lipinski definition) is 1. The van der Waals surface area contributed by atoms with Gasteiger partial charge < -0.3 is 5.32 Å². The molecule has 0 aliphatic rings. The predicted octanol–water partition coefficient (Wildman–Crippen LogP) is 3.78. The van der Waals surface area contributed by atoms with Gasteiger partial charge in [-0.1, -0.05) is 42.5 Å². The van der Waals surface area contributed by atoms with Crippen molar-refractivity contribution in [2.24, 2.45) is 0 Å². The predicted molar refractivity (Wildman–Crippen MR) is 106 cm³/mol. The molecule has 0 fully saturated rings. The van der Waals surface area contributed by atoms with Gasteiger partial charge in [-0.3, -0.25) is 19.7 Å². The van der Waals surface area contributed by atoms with Crippen LogP contribution in [0.15, 0.2) is 59.4 Å². The fraction of sp³-hybridized carbons (Fsp3) is 0.150. The zero-order valence-electron chi connectivity index (χ0n) is 15.4. The zero-order valence-corrected chi connectivity index (χ0v) is 15.4. The third-order valence-corrected chi connectivity index (χ3v) is 4.22. The number of nitrogens with zero attached hydrogens (tertiary/aromatic N) is 3. The highest BCUT2D eigenvalue weighted by Gasteiger charge is 2.23. The van der Waals surface area contributed by atoms with E-state index in [0.29, 0.717) is 11.3 Å². The smallest absolute Gasteiger partial charge is 0.292 e. The van der Waals surface area contributed by atoms with Gasteiger partial charge >= 0.3 is 0 Å². The van der Waals surface area contributed by atoms with Gasteiger partial charge in [0.15, 0.2) is 5.78 Å². The standard InChI is InChI=1S/C20H18N4O4/c1-3-23-20(26)19(21-15-11-7-8-12-16(15)24(27)28)17(13(2)25)18(22-23)14-9-5-4-6-10-14/h4-12,21H,3H2,1-2H3. The Hall–Kier alpha value is -3.81. The van der Waals surface area contributed by atoms with E-state index in [2.05, 4.69) is 10.4 Å². The quantitative estimate of drug-likeness (QED) is 0.397. The lowest BCUT2D eigenvalue weighted by Crippen LogP contribution is -2.28. The van der Waals surface area contributed by atoms with Crippen LogP contribution in [0.25, 0.3) is 11.3 Å². The number of anilines is 2. The van der Waals surface area contributed by atoms with Gasteiger partial charge in [-0.25, -0.2) is 4.68 Å². The van der Waals surface area contributed by atoms with E-state index in [-0.39, 0.29) is 35.0 Å². The lowest BCUT2D eigenvalue weighted by atomic mass is 10.0. The first-order chi connectivity index (χ1) is 13.4. The molecule has 0 bridgehead atoms. The molecule has 0 saturated heterocycles. The summed E-state index contributed by atoms with van der Waals surface area (Å²) in [6.07, 6.45) is 0. The van der Waals surface area contributed by atoms with Crippen molar-refractivity contribution in [3.63, 3.8) is 0 Å². The molecule has 142 valence electrons. The molecule has 0 radical (unpaired) electrons. The van der Waals surface area contributed by atoms with E-state index >= 15 is 0 Å². The van der Waals surface area contributed by atoms with Gasteiger partial charge in [0, 0.05) is 18.2 Å². The van der Waals surface area contributed by atoms with Gasteiger partial charge in [-0.2, -0.15) is 5.10 Å². The molecule has 0 aliphatic heterocycles. The van der Waals surface area contributed by atoms with Crippen molar-refractivity contribution in [3.05, 3.63) is 80.6 Å². The molecule has 0 aliphatic carbocycles. The topological polar surface area (TPSA) is 107 Å². The molecule has 2 aromatic carbocycles. The molecule has 0 saturated carbocycles. The number of nitrogens with one attached hydrogen (secondary N) is 1. The van der Waals surface area contributed by atoms with Gasteiger partial charge in [0.05, 0.1) is 10.5 Å². The summed E-state index contributed by atoms with van der Waals surface area (Å²) in [7, 11) is 0. The van der Waals surface area contributed by atoms with E-state index in [0.717, 1.165) is 0 Å². The van der Waals surface area contributed by atoms with Crippen molar-refractivity contribution in [2.75, 3.05) is 5.32 Å². The SMILES string of the molecule is CCn1nc(-c2ccccc2)c(C(C)=O)c(Nc2ccccc2[N+](=O)[O-])c1=O. The normalized spacial score (nSPS) is 10.5. The summed E-state index contributed by atoms with van der Waals surface area (Å²) in [5.41, 5.74) is 0.482. The molecule has 0 spiro atoms. The lowest BCUT2D eigenvalue weighted by molar-refractivity contribution is -0.383. The van der Waals surface area contributed by atoms with Crippen LogP contribution in [-0.4, -0.2) is 20.5 Å². The first-order valence-electron chi connectivity index (χ1n) is 8.66. The molecule has 8 heteroatoms. The Balaban J connectivity index is 2.30. The molecule has 3 aromatic rings. The molecular formula is C20H18N4O4. The number of para-hydroxylation sites is 2. The van der Waals surface area contributed by atoms with Gasteiger partial charge in [0.2, 0.25) is 0 Å². The number of aromatic nitrogens is 2. The third kappa shape index (κ3) is 3.52. The molecule has 3 rings (SSSR count). The van der Waals surface area contributed by atoms with Crippen molar-refractivity contribution in [2.45, 2.75) is 20.4 Å². The van der Waals surface area contributed by atoms with Gasteiger partial charge in [-0.05, 0) is 19.9 Å². The number of aryl methyl sites for hydroxylation is 1. The van der Waals surface area contributed by atoms with Gasteiger partial charge in [0.25, 0.3) is 11.2 Å². The highest BCUT2D eigenvalue weighted by atomic mass is 16.6. The summed E-state index contributed by atoms with van der Waals surface area (Å²) in [6.45, 7) is 3.37. The average molecular weight is 378 g/mol. The second-order valence-corrected chi connectivity index (χ2v) is 6.04. The van der Waals surface area contributed by atoms with Crippen molar-refractivity contribution in [1.82, 2.24) is 9.78 Å². The first kappa shape index (κ1) is 19.0. The second kappa shape index (κ2) is 7.83. The molecule has 0 unspecified atom stereocenters. The molecule has 1 N–H and O–H groups in total. The van der Waals surface area contributed by atoms with E-state index < -0.39 is 10.5 Å². The maximum Gasteiger partial charge on any atom is 0.292 e. The second-order valence-electron chi connectivity index (χ2n) is 6.04. The number of nitro groups is 1. The molecule has 1 aromatic heterocycles. The van der Waals surface area contributed by atoms with Crippen molar-refractivity contribution < 1.29 is 9.72 Å². The molecule has 8 nitrogen and oxygen atoms in total. The summed E-state index contributed by atoms with van der Waals surface area (Å²) in [6, 6.07) is 15.0. The van der Waals surface area contributed by atoms with Crippen LogP contribution in [0.1, 0.15) is 24.2 Å². The summed E-state index contributed by atoms with van der Waals surface area (Å²) in [5, 5.41) is 18.5. The summed E-state index contributed by atoms with van der Waals surface area (Å²) in [4.78, 5) is 36.2. The Labute approximate surface area is 160 Å². The van der Waals surface area contributed by atoms with Crippen molar-refractivity contribution in [1.29, 1.82) is 0 Å². The monoisotopic (exact) mass is 378 g/mol. The van der Waals surface area contributed by atoms with E-state index in [9.17, 15) is 19.7 Å². The van der Waals surface area contributed by atoms with Crippen LogP contribution in [0, 0.1) is 10.1 Å². The van der Waals surface area contributed by atoms with Crippen molar-refractivity contribution >= 4 is 22.8 Å². The maximum absolute atomic E-state index is 12.9. The maximum atomic E-state index is 12.9. The van der Waals surface area contributed by atoms with Crippen LogP contribution in [0.4, 0.5) is 17.1 Å². The molecular weight excluding hydrogens is 360 g/mol. The van der Waals surface area contributed by atoms with Crippen LogP contribution in [0.5, 0.6) is 0 Å². The Morgan fingerprint density at radius 1 is 1.14 bits per heavy atom. The number of hydrogen-bond acceptors (Lipinski definition) is 6. The number of Topliss-reactive ketones (excluding diaryl/α,β-unsaturated/α-hetero) is 1. The minimum atomic E-state index is -0.548. The first-order valence-corrected chi connectivity index (χ1v) is 8.66. The Morgan fingerprint density at radius 3 is 2.39 bits per heavy atom. The molecule has 28 heavy (non-hydrogen) atoms. The van der Waals surface area contributed by atoms with E-state index in [1.165, 1.54) is 29.8 Å². The Kier molecular flexibility index (Phi) is 5.30. The molecule has 0 atom stereocenters. The third-order valence-electron chi connectivity index (χ3n) is 4.22. The van der Waals surface area contributed by atoms with E-state index in [4.69, 9.17) is 0 Å². The average Bonchev–Trinajstić information content (AvgIpc) is 2.69. The van der Waals surface area contributed by atoms with Crippen LogP contribution < -0.4 is 10.9 Å². The number of carbonyl (C=O) groups is 1. The minimum Gasteiger partial charge on any atom is -0.345 e. The summed E-state index contributed by atoms with van der Waals surface area (Å²) >= 11 is 0.